The summed E-state index contributed by atoms with van der Waals surface area (Å²) in [6.07, 6.45) is 1.52. The first kappa shape index (κ1) is 19.5. The van der Waals surface area contributed by atoms with Crippen molar-refractivity contribution >= 4 is 27.8 Å². The van der Waals surface area contributed by atoms with E-state index < -0.39 is 0 Å². The Hall–Kier alpha value is -2.78. The number of methoxy groups -OCH3 is 2. The molecule has 0 fully saturated rings. The number of benzene rings is 2. The fraction of sp³-hybridized carbons (Fsp3) is 0.200. The maximum Gasteiger partial charge on any atom is 0.203 e. The molecule has 0 N–H and O–H groups in total. The van der Waals surface area contributed by atoms with Crippen LogP contribution < -0.4 is 14.2 Å². The van der Waals surface area contributed by atoms with E-state index in [9.17, 15) is 10.1 Å². The van der Waals surface area contributed by atoms with Crippen molar-refractivity contribution in [3.05, 3.63) is 57.6 Å². The Labute approximate surface area is 160 Å². The number of rotatable bonds is 7. The van der Waals surface area contributed by atoms with Crippen LogP contribution in [0.5, 0.6) is 17.2 Å². The van der Waals surface area contributed by atoms with Crippen LogP contribution in [0.3, 0.4) is 0 Å². The van der Waals surface area contributed by atoms with Crippen LogP contribution in [-0.2, 0) is 0 Å². The third-order valence-corrected chi connectivity index (χ3v) is 4.14. The number of hydrogen-bond acceptors (Lipinski definition) is 5. The van der Waals surface area contributed by atoms with Crippen LogP contribution in [0.2, 0.25) is 0 Å². The number of allylic oxidation sites excluding steroid dienone is 1. The van der Waals surface area contributed by atoms with Crippen molar-refractivity contribution in [3.8, 4) is 23.3 Å². The zero-order valence-corrected chi connectivity index (χ0v) is 16.3. The highest BCUT2D eigenvalue weighted by Crippen LogP contribution is 2.37. The molecule has 6 heteroatoms. The van der Waals surface area contributed by atoms with Crippen molar-refractivity contribution in [2.24, 2.45) is 0 Å². The summed E-state index contributed by atoms with van der Waals surface area (Å²) >= 11 is 3.43. The Morgan fingerprint density at radius 3 is 2.62 bits per heavy atom. The van der Waals surface area contributed by atoms with E-state index in [2.05, 4.69) is 15.9 Å². The zero-order chi connectivity index (χ0) is 19.1. The highest BCUT2D eigenvalue weighted by Gasteiger charge is 2.15. The van der Waals surface area contributed by atoms with E-state index in [1.165, 1.54) is 20.3 Å². The second-order valence-electron chi connectivity index (χ2n) is 5.20. The number of nitriles is 1. The number of hydrogen-bond donors (Lipinski definition) is 0. The van der Waals surface area contributed by atoms with Gasteiger partial charge in [-0.05, 0) is 58.8 Å². The Kier molecular flexibility index (Phi) is 6.81. The monoisotopic (exact) mass is 415 g/mol. The fourth-order valence-corrected chi connectivity index (χ4v) is 2.92. The lowest BCUT2D eigenvalue weighted by Crippen LogP contribution is -2.02. The van der Waals surface area contributed by atoms with Gasteiger partial charge in [-0.1, -0.05) is 12.1 Å². The van der Waals surface area contributed by atoms with Crippen molar-refractivity contribution in [1.29, 1.82) is 5.26 Å². The van der Waals surface area contributed by atoms with Crippen molar-refractivity contribution in [3.63, 3.8) is 0 Å². The van der Waals surface area contributed by atoms with E-state index in [-0.39, 0.29) is 11.4 Å². The minimum absolute atomic E-state index is 0.0105. The van der Waals surface area contributed by atoms with Gasteiger partial charge in [0.2, 0.25) is 5.78 Å². The van der Waals surface area contributed by atoms with E-state index in [4.69, 9.17) is 14.2 Å². The summed E-state index contributed by atoms with van der Waals surface area (Å²) in [4.78, 5) is 12.6. The van der Waals surface area contributed by atoms with Gasteiger partial charge in [0.05, 0.1) is 25.3 Å². The average Bonchev–Trinajstić information content (AvgIpc) is 2.67. The first-order valence-electron chi connectivity index (χ1n) is 7.84. The van der Waals surface area contributed by atoms with Crippen LogP contribution in [0.1, 0.15) is 22.8 Å². The molecule has 0 aliphatic rings. The Morgan fingerprint density at radius 2 is 2.00 bits per heavy atom. The van der Waals surface area contributed by atoms with Gasteiger partial charge in [0.25, 0.3) is 0 Å². The van der Waals surface area contributed by atoms with Gasteiger partial charge in [-0.2, -0.15) is 5.26 Å². The normalized spacial score (nSPS) is 10.8. The molecule has 0 aliphatic heterocycles. The van der Waals surface area contributed by atoms with Gasteiger partial charge < -0.3 is 14.2 Å². The van der Waals surface area contributed by atoms with Gasteiger partial charge >= 0.3 is 0 Å². The lowest BCUT2D eigenvalue weighted by molar-refractivity contribution is 0.103. The number of halogens is 1. The Balaban J connectivity index is 2.43. The molecule has 0 aliphatic carbocycles. The van der Waals surface area contributed by atoms with Gasteiger partial charge in [-0.3, -0.25) is 4.79 Å². The smallest absolute Gasteiger partial charge is 0.203 e. The number of carbonyl (C=O) groups excluding carboxylic acids is 1. The third-order valence-electron chi connectivity index (χ3n) is 3.55. The lowest BCUT2D eigenvalue weighted by Gasteiger charge is -2.12. The van der Waals surface area contributed by atoms with E-state index in [1.54, 1.807) is 36.4 Å². The first-order chi connectivity index (χ1) is 12.5. The first-order valence-corrected chi connectivity index (χ1v) is 8.64. The van der Waals surface area contributed by atoms with E-state index >= 15 is 0 Å². The second kappa shape index (κ2) is 9.07. The summed E-state index contributed by atoms with van der Waals surface area (Å²) < 4.78 is 16.7. The van der Waals surface area contributed by atoms with E-state index in [0.717, 1.165) is 0 Å². The fourth-order valence-electron chi connectivity index (χ4n) is 2.34. The number of ketones is 1. The topological polar surface area (TPSA) is 68.5 Å². The second-order valence-corrected chi connectivity index (χ2v) is 6.05. The molecular formula is C20H18BrNO4. The molecule has 0 bridgehead atoms. The van der Waals surface area contributed by atoms with Crippen molar-refractivity contribution < 1.29 is 19.0 Å². The molecular weight excluding hydrogens is 398 g/mol. The molecule has 0 amide bonds. The number of carbonyl (C=O) groups is 1. The average molecular weight is 416 g/mol. The summed E-state index contributed by atoms with van der Waals surface area (Å²) in [6, 6.07) is 12.1. The van der Waals surface area contributed by atoms with Gasteiger partial charge in [0, 0.05) is 5.56 Å². The SMILES string of the molecule is CCOc1c(Br)cc(/C=C(\C#N)C(=O)c2cccc(OC)c2)cc1OC. The molecule has 5 nitrogen and oxygen atoms in total. The highest BCUT2D eigenvalue weighted by molar-refractivity contribution is 9.10. The maximum absolute atomic E-state index is 12.6. The Bertz CT molecular complexity index is 884. The van der Waals surface area contributed by atoms with Crippen LogP contribution in [-0.4, -0.2) is 26.6 Å². The largest absolute Gasteiger partial charge is 0.497 e. The minimum atomic E-state index is -0.379. The molecule has 134 valence electrons. The van der Waals surface area contributed by atoms with Crippen LogP contribution in [0.4, 0.5) is 0 Å². The number of Topliss-reactive ketones (excluding diaryl/α,β-unsaturated/α-hetero) is 1. The van der Waals surface area contributed by atoms with Crippen molar-refractivity contribution in [2.75, 3.05) is 20.8 Å². The molecule has 0 atom stereocenters. The van der Waals surface area contributed by atoms with E-state index in [1.807, 2.05) is 13.0 Å². The molecule has 2 aromatic carbocycles. The lowest BCUT2D eigenvalue weighted by atomic mass is 10.0. The molecule has 0 unspecified atom stereocenters. The van der Waals surface area contributed by atoms with Crippen LogP contribution >= 0.6 is 15.9 Å². The Morgan fingerprint density at radius 1 is 1.23 bits per heavy atom. The molecule has 0 radical (unpaired) electrons. The predicted octanol–water partition coefficient (Wildman–Crippen LogP) is 4.65. The molecule has 26 heavy (non-hydrogen) atoms. The quantitative estimate of drug-likeness (QED) is 0.373. The molecule has 0 saturated heterocycles. The van der Waals surface area contributed by atoms with Crippen LogP contribution in [0, 0.1) is 11.3 Å². The molecule has 2 rings (SSSR count). The van der Waals surface area contributed by atoms with Crippen molar-refractivity contribution in [1.82, 2.24) is 0 Å². The number of ether oxygens (including phenoxy) is 3. The molecule has 2 aromatic rings. The number of nitrogens with zero attached hydrogens (tertiary/aromatic N) is 1. The third kappa shape index (κ3) is 4.44. The summed E-state index contributed by atoms with van der Waals surface area (Å²) in [5.41, 5.74) is 1.04. The summed E-state index contributed by atoms with van der Waals surface area (Å²) in [7, 11) is 3.05. The molecule has 0 heterocycles. The van der Waals surface area contributed by atoms with Gasteiger partial charge in [-0.15, -0.1) is 0 Å². The predicted molar refractivity (Wildman–Crippen MR) is 103 cm³/mol. The molecule has 0 saturated carbocycles. The maximum atomic E-state index is 12.6. The molecule has 0 aromatic heterocycles. The molecule has 0 spiro atoms. The van der Waals surface area contributed by atoms with Crippen molar-refractivity contribution in [2.45, 2.75) is 6.92 Å². The summed E-state index contributed by atoms with van der Waals surface area (Å²) in [5, 5.41) is 9.44. The minimum Gasteiger partial charge on any atom is -0.497 e. The van der Waals surface area contributed by atoms with E-state index in [0.29, 0.717) is 39.5 Å². The summed E-state index contributed by atoms with van der Waals surface area (Å²) in [6.45, 7) is 2.36. The highest BCUT2D eigenvalue weighted by atomic mass is 79.9. The van der Waals surface area contributed by atoms with Gasteiger partial charge in [0.15, 0.2) is 11.5 Å². The van der Waals surface area contributed by atoms with Crippen LogP contribution in [0.25, 0.3) is 6.08 Å². The summed E-state index contributed by atoms with van der Waals surface area (Å²) in [5.74, 6) is 1.26. The standard InChI is InChI=1S/C20H18BrNO4/c1-4-26-20-17(21)9-13(10-18(20)25-3)8-15(12-22)19(23)14-6-5-7-16(11-14)24-2/h5-11H,4H2,1-3H3/b15-8+. The zero-order valence-electron chi connectivity index (χ0n) is 14.7. The van der Waals surface area contributed by atoms with Gasteiger partial charge in [0.1, 0.15) is 17.4 Å². The van der Waals surface area contributed by atoms with Gasteiger partial charge in [-0.25, -0.2) is 0 Å². The van der Waals surface area contributed by atoms with Crippen LogP contribution in [0.15, 0.2) is 46.4 Å².